The van der Waals surface area contributed by atoms with Crippen LogP contribution in [0, 0.1) is 0 Å². The summed E-state index contributed by atoms with van der Waals surface area (Å²) in [5.74, 6) is -0.203. The van der Waals surface area contributed by atoms with Gasteiger partial charge in [0.05, 0.1) is 17.1 Å². The number of amides is 1. The molecular formula is C20H23ClF3IN4O2. The molecule has 0 aromatic heterocycles. The van der Waals surface area contributed by atoms with E-state index in [-0.39, 0.29) is 42.2 Å². The van der Waals surface area contributed by atoms with Gasteiger partial charge in [0, 0.05) is 25.2 Å². The van der Waals surface area contributed by atoms with Gasteiger partial charge in [0.2, 0.25) is 0 Å². The molecule has 6 nitrogen and oxygen atoms in total. The molecule has 3 N–H and O–H groups in total. The number of benzene rings is 2. The van der Waals surface area contributed by atoms with Crippen molar-refractivity contribution in [2.75, 3.05) is 19.6 Å². The molecule has 0 saturated carbocycles. The molecule has 0 bridgehead atoms. The van der Waals surface area contributed by atoms with Crippen LogP contribution in [0.3, 0.4) is 0 Å². The molecule has 0 fully saturated rings. The molecule has 2 rings (SSSR count). The SMILES string of the molecule is CCNC(=NCc1ccccc1OC(F)(F)F)NCCNC(=O)c1ccccc1Cl.I. The van der Waals surface area contributed by atoms with Gasteiger partial charge in [-0.15, -0.1) is 37.1 Å². The Morgan fingerprint density at radius 2 is 1.68 bits per heavy atom. The molecule has 0 atom stereocenters. The number of aliphatic imine (C=N–C) groups is 1. The normalized spacial score (nSPS) is 11.3. The lowest BCUT2D eigenvalue weighted by molar-refractivity contribution is -0.274. The summed E-state index contributed by atoms with van der Waals surface area (Å²) in [6.45, 7) is 3.04. The fraction of sp³-hybridized carbons (Fsp3) is 0.300. The van der Waals surface area contributed by atoms with Gasteiger partial charge in [-0.1, -0.05) is 41.9 Å². The summed E-state index contributed by atoms with van der Waals surface area (Å²) in [5, 5.41) is 9.09. The van der Waals surface area contributed by atoms with E-state index in [0.717, 1.165) is 0 Å². The minimum absolute atomic E-state index is 0. The second kappa shape index (κ2) is 13.3. The van der Waals surface area contributed by atoms with E-state index < -0.39 is 6.36 Å². The molecule has 0 aliphatic heterocycles. The first-order valence-corrected chi connectivity index (χ1v) is 9.56. The highest BCUT2D eigenvalue weighted by atomic mass is 127. The van der Waals surface area contributed by atoms with Gasteiger partial charge in [-0.2, -0.15) is 0 Å². The van der Waals surface area contributed by atoms with E-state index in [1.165, 1.54) is 18.2 Å². The molecule has 0 heterocycles. The van der Waals surface area contributed by atoms with E-state index in [4.69, 9.17) is 11.6 Å². The summed E-state index contributed by atoms with van der Waals surface area (Å²) in [6, 6.07) is 12.5. The third-order valence-corrected chi connectivity index (χ3v) is 4.10. The third kappa shape index (κ3) is 9.64. The fourth-order valence-corrected chi connectivity index (χ4v) is 2.68. The number of rotatable bonds is 8. The number of ether oxygens (including phenoxy) is 1. The smallest absolute Gasteiger partial charge is 0.405 e. The summed E-state index contributed by atoms with van der Waals surface area (Å²) in [4.78, 5) is 16.4. The monoisotopic (exact) mass is 570 g/mol. The summed E-state index contributed by atoms with van der Waals surface area (Å²) in [6.07, 6.45) is -4.78. The number of halogens is 5. The van der Waals surface area contributed by atoms with Crippen LogP contribution in [-0.4, -0.2) is 37.9 Å². The highest BCUT2D eigenvalue weighted by Gasteiger charge is 2.31. The van der Waals surface area contributed by atoms with E-state index in [9.17, 15) is 18.0 Å². The molecule has 1 amide bonds. The van der Waals surface area contributed by atoms with E-state index in [2.05, 4.69) is 25.7 Å². The number of nitrogens with one attached hydrogen (secondary N) is 3. The number of para-hydroxylation sites is 1. The zero-order valence-electron chi connectivity index (χ0n) is 16.6. The summed E-state index contributed by atoms with van der Waals surface area (Å²) < 4.78 is 41.6. The summed E-state index contributed by atoms with van der Waals surface area (Å²) >= 11 is 5.99. The summed E-state index contributed by atoms with van der Waals surface area (Å²) in [5.41, 5.74) is 0.667. The first-order chi connectivity index (χ1) is 14.3. The van der Waals surface area contributed by atoms with Gasteiger partial charge < -0.3 is 20.7 Å². The molecule has 0 radical (unpaired) electrons. The second-order valence-corrected chi connectivity index (χ2v) is 6.42. The van der Waals surface area contributed by atoms with Crippen molar-refractivity contribution < 1.29 is 22.7 Å². The van der Waals surface area contributed by atoms with Gasteiger partial charge in [0.1, 0.15) is 5.75 Å². The Labute approximate surface area is 200 Å². The van der Waals surface area contributed by atoms with Gasteiger partial charge in [0.15, 0.2) is 5.96 Å². The van der Waals surface area contributed by atoms with Crippen molar-refractivity contribution in [2.24, 2.45) is 4.99 Å². The van der Waals surface area contributed by atoms with Crippen molar-refractivity contribution in [1.29, 1.82) is 0 Å². The maximum Gasteiger partial charge on any atom is 0.573 e. The van der Waals surface area contributed by atoms with Gasteiger partial charge in [-0.3, -0.25) is 4.79 Å². The number of hydrogen-bond acceptors (Lipinski definition) is 3. The van der Waals surface area contributed by atoms with Gasteiger partial charge >= 0.3 is 6.36 Å². The lowest BCUT2D eigenvalue weighted by Crippen LogP contribution is -2.41. The molecular weight excluding hydrogens is 548 g/mol. The number of alkyl halides is 3. The van der Waals surface area contributed by atoms with Crippen molar-refractivity contribution in [1.82, 2.24) is 16.0 Å². The molecule has 0 spiro atoms. The van der Waals surface area contributed by atoms with Crippen molar-refractivity contribution >= 4 is 47.4 Å². The molecule has 31 heavy (non-hydrogen) atoms. The van der Waals surface area contributed by atoms with Crippen LogP contribution in [0.2, 0.25) is 5.02 Å². The topological polar surface area (TPSA) is 74.8 Å². The molecule has 11 heteroatoms. The van der Waals surface area contributed by atoms with E-state index in [1.807, 2.05) is 6.92 Å². The molecule has 170 valence electrons. The zero-order valence-corrected chi connectivity index (χ0v) is 19.7. The lowest BCUT2D eigenvalue weighted by atomic mass is 10.2. The zero-order chi connectivity index (χ0) is 22.0. The second-order valence-electron chi connectivity index (χ2n) is 6.01. The molecule has 0 unspecified atom stereocenters. The number of carbonyl (C=O) groups is 1. The van der Waals surface area contributed by atoms with Crippen LogP contribution in [0.1, 0.15) is 22.8 Å². The summed E-state index contributed by atoms with van der Waals surface area (Å²) in [7, 11) is 0. The largest absolute Gasteiger partial charge is 0.573 e. The Morgan fingerprint density at radius 1 is 1.03 bits per heavy atom. The van der Waals surface area contributed by atoms with Gasteiger partial charge in [-0.25, -0.2) is 4.99 Å². The number of nitrogens with zero attached hydrogens (tertiary/aromatic N) is 1. The maximum atomic E-state index is 12.5. The quantitative estimate of drug-likeness (QED) is 0.191. The van der Waals surface area contributed by atoms with Crippen LogP contribution in [-0.2, 0) is 6.54 Å². The predicted molar refractivity (Wildman–Crippen MR) is 125 cm³/mol. The molecule has 0 aliphatic rings. The van der Waals surface area contributed by atoms with E-state index in [1.54, 1.807) is 30.3 Å². The first-order valence-electron chi connectivity index (χ1n) is 9.18. The number of hydrogen-bond donors (Lipinski definition) is 3. The minimum atomic E-state index is -4.78. The maximum absolute atomic E-state index is 12.5. The highest BCUT2D eigenvalue weighted by Crippen LogP contribution is 2.26. The Bertz CT molecular complexity index is 881. The van der Waals surface area contributed by atoms with Crippen LogP contribution >= 0.6 is 35.6 Å². The van der Waals surface area contributed by atoms with Gasteiger partial charge in [-0.05, 0) is 25.1 Å². The van der Waals surface area contributed by atoms with Crippen molar-refractivity contribution in [2.45, 2.75) is 19.8 Å². The third-order valence-electron chi connectivity index (χ3n) is 3.77. The van der Waals surface area contributed by atoms with E-state index >= 15 is 0 Å². The fourth-order valence-electron chi connectivity index (χ4n) is 2.46. The molecule has 2 aromatic rings. The average molecular weight is 571 g/mol. The van der Waals surface area contributed by atoms with Gasteiger partial charge in [0.25, 0.3) is 5.91 Å². The Kier molecular flexibility index (Phi) is 11.5. The highest BCUT2D eigenvalue weighted by molar-refractivity contribution is 14.0. The minimum Gasteiger partial charge on any atom is -0.405 e. The Morgan fingerprint density at radius 3 is 2.35 bits per heavy atom. The number of carbonyl (C=O) groups excluding carboxylic acids is 1. The van der Waals surface area contributed by atoms with Crippen LogP contribution in [0.5, 0.6) is 5.75 Å². The van der Waals surface area contributed by atoms with Crippen molar-refractivity contribution in [3.8, 4) is 5.75 Å². The van der Waals surface area contributed by atoms with Crippen LogP contribution < -0.4 is 20.7 Å². The average Bonchev–Trinajstić information content (AvgIpc) is 2.69. The predicted octanol–water partition coefficient (Wildman–Crippen LogP) is 4.34. The standard InChI is InChI=1S/C20H22ClF3N4O2.HI/c1-2-25-19(27-12-11-26-18(29)15-8-4-5-9-16(15)21)28-13-14-7-3-6-10-17(14)30-20(22,23)24;/h3-10H,2,11-13H2,1H3,(H,26,29)(H2,25,27,28);1H. The molecule has 0 aliphatic carbocycles. The van der Waals surface area contributed by atoms with Crippen molar-refractivity contribution in [3.05, 3.63) is 64.7 Å². The molecule has 0 saturated heterocycles. The Balaban J connectivity index is 0.00000480. The van der Waals surface area contributed by atoms with Crippen molar-refractivity contribution in [3.63, 3.8) is 0 Å². The van der Waals surface area contributed by atoms with E-state index in [0.29, 0.717) is 41.7 Å². The van der Waals surface area contributed by atoms with Crippen LogP contribution in [0.4, 0.5) is 13.2 Å². The Hall–Kier alpha value is -2.21. The van der Waals surface area contributed by atoms with Crippen LogP contribution in [0.15, 0.2) is 53.5 Å². The first kappa shape index (κ1) is 26.8. The number of guanidine groups is 1. The van der Waals surface area contributed by atoms with Crippen LogP contribution in [0.25, 0.3) is 0 Å². The lowest BCUT2D eigenvalue weighted by Gasteiger charge is -2.14. The molecule has 2 aromatic carbocycles.